The van der Waals surface area contributed by atoms with Crippen molar-refractivity contribution in [3.8, 4) is 0 Å². The van der Waals surface area contributed by atoms with Crippen LogP contribution in [-0.4, -0.2) is 70.3 Å². The van der Waals surface area contributed by atoms with Crippen LogP contribution in [-0.2, 0) is 17.1 Å². The van der Waals surface area contributed by atoms with Crippen molar-refractivity contribution in [2.45, 2.75) is 98.7 Å². The molecule has 0 aromatic carbocycles. The van der Waals surface area contributed by atoms with Crippen LogP contribution in [0.4, 0.5) is 0 Å². The molecule has 0 radical (unpaired) electrons. The number of hydrogen-bond donors (Lipinski definition) is 1. The maximum absolute atomic E-state index is 11.4. The topological polar surface area (TPSA) is 65.0 Å². The Kier molecular flexibility index (Phi) is 10.6. The smallest absolute Gasteiger partial charge is 0.472 e. The average molecular weight is 567 g/mol. The third-order valence-electron chi connectivity index (χ3n) is 6.78. The summed E-state index contributed by atoms with van der Waals surface area (Å²) in [6.07, 6.45) is 2.17. The van der Waals surface area contributed by atoms with E-state index in [0.29, 0.717) is 20.5 Å². The Labute approximate surface area is 208 Å². The monoisotopic (exact) mass is 566 g/mol. The van der Waals surface area contributed by atoms with Crippen LogP contribution in [0.15, 0.2) is 12.2 Å². The van der Waals surface area contributed by atoms with Crippen LogP contribution >= 0.6 is 0 Å². The lowest BCUT2D eigenvalue weighted by atomic mass is 9.66. The highest BCUT2D eigenvalue weighted by atomic mass is 30.1. The van der Waals surface area contributed by atoms with Gasteiger partial charge in [0.15, 0.2) is 16.6 Å². The van der Waals surface area contributed by atoms with Crippen molar-refractivity contribution in [1.29, 1.82) is 0 Å². The van der Waals surface area contributed by atoms with Crippen LogP contribution in [0.1, 0.15) is 53.9 Å². The summed E-state index contributed by atoms with van der Waals surface area (Å²) in [4.78, 5) is 11.4. The van der Waals surface area contributed by atoms with Gasteiger partial charge in [-0.1, -0.05) is 41.2 Å². The zero-order valence-electron chi connectivity index (χ0n) is 22.7. The fourth-order valence-corrected chi connectivity index (χ4v) is 61.4. The first-order valence-electron chi connectivity index (χ1n) is 12.2. The van der Waals surface area contributed by atoms with Crippen LogP contribution in [0.3, 0.4) is 0 Å². The van der Waals surface area contributed by atoms with Gasteiger partial charge in [-0.05, 0) is 77.9 Å². The number of hydrogen-bond acceptors (Lipinski definition) is 4. The molecule has 1 fully saturated rings. The average Bonchev–Trinajstić information content (AvgIpc) is 2.50. The fourth-order valence-electron chi connectivity index (χ4n) is 4.00. The summed E-state index contributed by atoms with van der Waals surface area (Å²) in [5, 5.41) is 9.33. The maximum Gasteiger partial charge on any atom is 0.472 e. The molecule has 1 saturated heterocycles. The fraction of sp³-hybridized carbons (Fsp3) is 0.850. The van der Waals surface area contributed by atoms with Crippen molar-refractivity contribution in [1.82, 2.24) is 0 Å². The Hall–Kier alpha value is 0.608. The minimum absolute atomic E-state index is 0.0411. The Morgan fingerprint density at radius 2 is 1.47 bits per heavy atom. The molecule has 0 aromatic rings. The molecule has 0 aliphatic carbocycles. The predicted molar refractivity (Wildman–Crippen MR) is 156 cm³/mol. The predicted octanol–water partition coefficient (Wildman–Crippen LogP) is 2.97. The van der Waals surface area contributed by atoms with E-state index in [0.717, 1.165) is 12.8 Å². The molecule has 0 spiro atoms. The molecule has 188 valence electrons. The number of carboxylic acid groups (broad SMARTS) is 1. The summed E-state index contributed by atoms with van der Waals surface area (Å²) in [7, 11) is -7.25. The highest BCUT2D eigenvalue weighted by Gasteiger charge is 2.61. The van der Waals surface area contributed by atoms with Crippen LogP contribution in [0, 0.1) is 10.8 Å². The Morgan fingerprint density at radius 1 is 1.00 bits per heavy atom. The van der Waals surface area contributed by atoms with Crippen LogP contribution < -0.4 is 0 Å². The number of rotatable bonds is 13. The van der Waals surface area contributed by atoms with Gasteiger partial charge in [-0.15, -0.1) is 0 Å². The van der Waals surface area contributed by atoms with Crippen molar-refractivity contribution in [2.24, 2.45) is 10.8 Å². The molecule has 1 heterocycles. The molecule has 0 bridgehead atoms. The summed E-state index contributed by atoms with van der Waals surface area (Å²) in [6, 6.07) is 0. The lowest BCUT2D eigenvalue weighted by molar-refractivity contribution is -0.132. The van der Waals surface area contributed by atoms with Crippen molar-refractivity contribution in [3.05, 3.63) is 12.2 Å². The highest BCUT2D eigenvalue weighted by Crippen LogP contribution is 2.55. The van der Waals surface area contributed by atoms with Crippen molar-refractivity contribution in [2.75, 3.05) is 0 Å². The third-order valence-corrected chi connectivity index (χ3v) is 92.9. The molecule has 1 unspecified atom stereocenters. The number of aliphatic carboxylic acids is 1. The van der Waals surface area contributed by atoms with E-state index >= 15 is 0 Å². The van der Waals surface area contributed by atoms with Crippen molar-refractivity contribution < 1.29 is 22.2 Å². The minimum Gasteiger partial charge on any atom is -0.478 e. The van der Waals surface area contributed by atoms with E-state index < -0.39 is 39.5 Å². The molecule has 1 rings (SSSR count). The molecule has 32 heavy (non-hydrogen) atoms. The molecule has 1 atom stereocenters. The standard InChI is InChI=1S/C20H50O5Si7/c1-16(18(21)22)14-13-15-17(20(5,6)19(2,3)4)32(24-30(7,8)9,25-31(10,11)12)23-29-27-26-28-29/h17,29H,1,13-15,26-28H2,2-12H3,(H,21,22). The third kappa shape index (κ3) is 9.00. The van der Waals surface area contributed by atoms with Gasteiger partial charge in [-0.3, -0.25) is 0 Å². The molecule has 0 aromatic heterocycles. The minimum atomic E-state index is -2.97. The quantitative estimate of drug-likeness (QED) is 0.274. The van der Waals surface area contributed by atoms with E-state index in [4.69, 9.17) is 12.3 Å². The summed E-state index contributed by atoms with van der Waals surface area (Å²) >= 11 is 0. The van der Waals surface area contributed by atoms with Crippen molar-refractivity contribution >= 4 is 65.1 Å². The molecule has 1 aliphatic rings. The zero-order chi connectivity index (χ0) is 25.2. The second-order valence-electron chi connectivity index (χ2n) is 13.0. The SMILES string of the molecule is C=C(CCCC(C(C)(C)C(C)(C)C)[Si](O[SiH]1[SiH2][SiH2][SiH2]1)(O[Si](C)(C)C)O[Si](C)(C)C)C(=O)O. The van der Waals surface area contributed by atoms with Gasteiger partial charge >= 0.3 is 14.8 Å². The maximum atomic E-state index is 11.4. The second-order valence-corrected chi connectivity index (χ2v) is 60.3. The normalized spacial score (nSPS) is 21.7. The Balaban J connectivity index is 3.55. The lowest BCUT2D eigenvalue weighted by Crippen LogP contribution is -2.69. The van der Waals surface area contributed by atoms with Gasteiger partial charge in [-0.2, -0.15) is 0 Å². The zero-order valence-corrected chi connectivity index (χ0v) is 31.1. The molecule has 0 saturated carbocycles. The first kappa shape index (κ1) is 30.6. The molecule has 0 amide bonds. The summed E-state index contributed by atoms with van der Waals surface area (Å²) in [5.74, 6) is -0.892. The molecule has 1 N–H and O–H groups in total. The Morgan fingerprint density at radius 3 is 1.78 bits per heavy atom. The largest absolute Gasteiger partial charge is 0.478 e. The van der Waals surface area contributed by atoms with Crippen molar-refractivity contribution in [3.63, 3.8) is 0 Å². The second kappa shape index (κ2) is 11.1. The van der Waals surface area contributed by atoms with Gasteiger partial charge in [0.05, 0.1) is 0 Å². The van der Waals surface area contributed by atoms with Gasteiger partial charge < -0.3 is 17.5 Å². The van der Waals surface area contributed by atoms with E-state index in [1.807, 2.05) is 0 Å². The molecule has 1 aliphatic heterocycles. The van der Waals surface area contributed by atoms with E-state index in [1.54, 1.807) is 0 Å². The summed E-state index contributed by atoms with van der Waals surface area (Å²) in [6.45, 7) is 29.1. The number of carboxylic acids is 1. The summed E-state index contributed by atoms with van der Waals surface area (Å²) in [5.41, 5.74) is 0.441. The molecule has 12 heteroatoms. The van der Waals surface area contributed by atoms with E-state index in [9.17, 15) is 9.90 Å². The lowest BCUT2D eigenvalue weighted by Gasteiger charge is -2.54. The van der Waals surface area contributed by atoms with Crippen LogP contribution in [0.2, 0.25) is 44.8 Å². The van der Waals surface area contributed by atoms with Gasteiger partial charge in [0.2, 0.25) is 0 Å². The van der Waals surface area contributed by atoms with Crippen LogP contribution in [0.25, 0.3) is 0 Å². The Bertz CT molecular complexity index is 645. The number of carbonyl (C=O) groups is 1. The molecular formula is C20H50O5Si7. The van der Waals surface area contributed by atoms with E-state index in [-0.39, 0.29) is 33.5 Å². The first-order chi connectivity index (χ1) is 14.2. The van der Waals surface area contributed by atoms with E-state index in [2.05, 4.69) is 80.5 Å². The first-order valence-corrected chi connectivity index (χ1v) is 35.8. The van der Waals surface area contributed by atoms with E-state index in [1.165, 1.54) is 0 Å². The highest BCUT2D eigenvalue weighted by molar-refractivity contribution is 7.80. The van der Waals surface area contributed by atoms with Crippen LogP contribution in [0.5, 0.6) is 0 Å². The van der Waals surface area contributed by atoms with Gasteiger partial charge in [0.25, 0.3) is 0 Å². The van der Waals surface area contributed by atoms with Gasteiger partial charge in [0.1, 0.15) is 8.08 Å². The molecular weight excluding hydrogens is 517 g/mol. The van der Waals surface area contributed by atoms with Gasteiger partial charge in [-0.25, -0.2) is 4.79 Å². The summed E-state index contributed by atoms with van der Waals surface area (Å²) < 4.78 is 21.7. The molecule has 5 nitrogen and oxygen atoms in total. The van der Waals surface area contributed by atoms with Gasteiger partial charge in [0, 0.05) is 28.2 Å².